The van der Waals surface area contributed by atoms with E-state index in [1.54, 1.807) is 13.3 Å². The maximum atomic E-state index is 9.73. The molecule has 1 aliphatic rings. The van der Waals surface area contributed by atoms with Crippen molar-refractivity contribution in [2.75, 3.05) is 26.5 Å². The second kappa shape index (κ2) is 2.67. The van der Waals surface area contributed by atoms with Crippen molar-refractivity contribution in [3.63, 3.8) is 0 Å². The van der Waals surface area contributed by atoms with Gasteiger partial charge in [-0.05, 0) is 0 Å². The Bertz CT molecular complexity index is 138. The summed E-state index contributed by atoms with van der Waals surface area (Å²) >= 11 is 0. The van der Waals surface area contributed by atoms with Crippen LogP contribution < -0.4 is 0 Å². The van der Waals surface area contributed by atoms with Crippen molar-refractivity contribution in [2.24, 2.45) is 0 Å². The summed E-state index contributed by atoms with van der Waals surface area (Å²) in [7, 11) is -3.13. The van der Waals surface area contributed by atoms with Crippen molar-refractivity contribution in [1.29, 1.82) is 0 Å². The predicted octanol–water partition coefficient (Wildman–Crippen LogP) is 1.57. The Hall–Kier alpha value is 0.310. The Labute approximate surface area is 67.9 Å². The van der Waals surface area contributed by atoms with E-state index in [-0.39, 0.29) is 0 Å². The average Bonchev–Trinajstić information content (AvgIpc) is 1.86. The summed E-state index contributed by atoms with van der Waals surface area (Å²) in [6, 6.07) is 0. The van der Waals surface area contributed by atoms with Gasteiger partial charge >= 0.3 is 67.0 Å². The zero-order chi connectivity index (χ0) is 8.56. The second-order valence-electron chi connectivity index (χ2n) is 3.47. The van der Waals surface area contributed by atoms with Crippen molar-refractivity contribution >= 4 is 7.28 Å². The molecule has 0 spiro atoms. The van der Waals surface area contributed by atoms with Crippen LogP contribution in [0.2, 0.25) is 0 Å². The van der Waals surface area contributed by atoms with Crippen molar-refractivity contribution in [2.45, 2.75) is 13.3 Å². The predicted molar refractivity (Wildman–Crippen MR) is 46.4 cm³/mol. The van der Waals surface area contributed by atoms with Crippen LogP contribution in [0.1, 0.15) is 13.3 Å². The monoisotopic (exact) mass is 179 g/mol. The fraction of sp³-hybridized carbons (Fsp3) is 0.857. The van der Waals surface area contributed by atoms with Crippen LogP contribution in [0.4, 0.5) is 0 Å². The van der Waals surface area contributed by atoms with E-state index in [2.05, 4.69) is 6.92 Å². The van der Waals surface area contributed by atoms with Crippen molar-refractivity contribution in [1.82, 2.24) is 0 Å². The number of rotatable bonds is 1. The van der Waals surface area contributed by atoms with Crippen LogP contribution in [0, 0.1) is 5.92 Å². The molecule has 0 unspecified atom stereocenters. The Morgan fingerprint density at radius 2 is 1.82 bits per heavy atom. The van der Waals surface area contributed by atoms with Gasteiger partial charge in [-0.15, -0.1) is 0 Å². The molecule has 1 heterocycles. The van der Waals surface area contributed by atoms with Crippen molar-refractivity contribution < 1.29 is 13.9 Å². The fourth-order valence-corrected chi connectivity index (χ4v) is 2.01. The van der Waals surface area contributed by atoms with Crippen LogP contribution in [-0.2, 0) is 9.05 Å². The molecule has 0 saturated carbocycles. The van der Waals surface area contributed by atoms with Gasteiger partial charge in [-0.25, -0.2) is 0 Å². The van der Waals surface area contributed by atoms with Crippen molar-refractivity contribution in [3.8, 4) is 0 Å². The van der Waals surface area contributed by atoms with E-state index in [0.717, 1.165) is 6.42 Å². The normalized spacial score (nSPS) is 34.0. The molecule has 1 rings (SSSR count). The van der Waals surface area contributed by atoms with E-state index in [9.17, 15) is 4.89 Å². The molecule has 0 bridgehead atoms. The average molecular weight is 179 g/mol. The number of hydrogen-bond donors (Lipinski definition) is 1. The SMILES string of the molecule is CC[C]1COP(C)(C)(O)OC1. The molecular weight excluding hydrogens is 163 g/mol. The van der Waals surface area contributed by atoms with Gasteiger partial charge in [-0.1, -0.05) is 0 Å². The molecule has 0 aliphatic carbocycles. The first-order valence-electron chi connectivity index (χ1n) is 3.80. The Kier molecular flexibility index (Phi) is 2.28. The van der Waals surface area contributed by atoms with E-state index in [0.29, 0.717) is 13.2 Å². The molecule has 0 aromatic heterocycles. The van der Waals surface area contributed by atoms with Gasteiger partial charge in [0.2, 0.25) is 0 Å². The van der Waals surface area contributed by atoms with E-state index < -0.39 is 7.28 Å². The zero-order valence-corrected chi connectivity index (χ0v) is 8.23. The van der Waals surface area contributed by atoms with Crippen LogP contribution in [0.5, 0.6) is 0 Å². The molecule has 3 nitrogen and oxygen atoms in total. The minimum atomic E-state index is -3.13. The molecule has 0 aromatic rings. The standard InChI is InChI=1S/C7H16O3P/c1-4-7-5-9-11(2,3,8)10-6-7/h8H,4-6H2,1-3H3. The molecule has 0 aromatic carbocycles. The van der Waals surface area contributed by atoms with Gasteiger partial charge in [0.05, 0.1) is 0 Å². The van der Waals surface area contributed by atoms with Gasteiger partial charge in [-0.3, -0.25) is 0 Å². The molecule has 1 aliphatic heterocycles. The molecule has 1 fully saturated rings. The van der Waals surface area contributed by atoms with Gasteiger partial charge in [0.1, 0.15) is 0 Å². The quantitative estimate of drug-likeness (QED) is 0.621. The summed E-state index contributed by atoms with van der Waals surface area (Å²) in [5.41, 5.74) is 0. The fourth-order valence-electron chi connectivity index (χ4n) is 0.834. The van der Waals surface area contributed by atoms with E-state index in [4.69, 9.17) is 9.05 Å². The van der Waals surface area contributed by atoms with E-state index in [1.165, 1.54) is 5.92 Å². The summed E-state index contributed by atoms with van der Waals surface area (Å²) in [5, 5.41) is 0. The van der Waals surface area contributed by atoms with Crippen LogP contribution in [0.15, 0.2) is 0 Å². The van der Waals surface area contributed by atoms with Crippen LogP contribution in [-0.4, -0.2) is 31.4 Å². The first-order valence-corrected chi connectivity index (χ1v) is 6.72. The second-order valence-corrected chi connectivity index (χ2v) is 7.61. The third-order valence-electron chi connectivity index (χ3n) is 1.77. The summed E-state index contributed by atoms with van der Waals surface area (Å²) in [6.45, 7) is 6.47. The zero-order valence-electron chi connectivity index (χ0n) is 7.33. The third kappa shape index (κ3) is 2.68. The van der Waals surface area contributed by atoms with Crippen LogP contribution in [0.3, 0.4) is 0 Å². The van der Waals surface area contributed by atoms with Gasteiger partial charge < -0.3 is 0 Å². The molecule has 11 heavy (non-hydrogen) atoms. The summed E-state index contributed by atoms with van der Waals surface area (Å²) in [6.07, 6.45) is 0.965. The maximum absolute atomic E-state index is 9.73. The van der Waals surface area contributed by atoms with Gasteiger partial charge in [0.25, 0.3) is 0 Å². The minimum absolute atomic E-state index is 0.553. The van der Waals surface area contributed by atoms with Crippen molar-refractivity contribution in [3.05, 3.63) is 5.92 Å². The summed E-state index contributed by atoms with van der Waals surface area (Å²) in [5.74, 6) is 1.21. The first kappa shape index (κ1) is 9.40. The Balaban J connectivity index is 2.48. The Morgan fingerprint density at radius 1 is 1.36 bits per heavy atom. The van der Waals surface area contributed by atoms with E-state index in [1.807, 2.05) is 0 Å². The van der Waals surface area contributed by atoms with Gasteiger partial charge in [-0.2, -0.15) is 0 Å². The van der Waals surface area contributed by atoms with Gasteiger partial charge in [0, 0.05) is 0 Å². The van der Waals surface area contributed by atoms with Crippen LogP contribution >= 0.6 is 7.28 Å². The first-order chi connectivity index (χ1) is 4.91. The molecule has 1 N–H and O–H groups in total. The molecular formula is C7H16O3P. The molecule has 0 amide bonds. The topological polar surface area (TPSA) is 38.7 Å². The summed E-state index contributed by atoms with van der Waals surface area (Å²) in [4.78, 5) is 9.73. The molecule has 1 radical (unpaired) electrons. The van der Waals surface area contributed by atoms with Crippen LogP contribution in [0.25, 0.3) is 0 Å². The Morgan fingerprint density at radius 3 is 2.18 bits per heavy atom. The molecule has 4 heteroatoms. The summed E-state index contributed by atoms with van der Waals surface area (Å²) < 4.78 is 10.6. The van der Waals surface area contributed by atoms with E-state index >= 15 is 0 Å². The molecule has 67 valence electrons. The number of hydrogen-bond acceptors (Lipinski definition) is 3. The molecule has 0 atom stereocenters. The third-order valence-corrected chi connectivity index (χ3v) is 3.51. The molecule has 1 saturated heterocycles. The van der Waals surface area contributed by atoms with Gasteiger partial charge in [0.15, 0.2) is 0 Å².